The summed E-state index contributed by atoms with van der Waals surface area (Å²) < 4.78 is 14.2. The van der Waals surface area contributed by atoms with Crippen LogP contribution < -0.4 is 5.32 Å². The van der Waals surface area contributed by atoms with Crippen molar-refractivity contribution >= 4 is 35.0 Å². The van der Waals surface area contributed by atoms with Gasteiger partial charge in [0.15, 0.2) is 0 Å². The van der Waals surface area contributed by atoms with Crippen LogP contribution in [0, 0.1) is 5.82 Å². The molecule has 0 aromatic heterocycles. The van der Waals surface area contributed by atoms with Gasteiger partial charge in [-0.25, -0.2) is 4.39 Å². The number of nitrogens with one attached hydrogen (secondary N) is 1. The summed E-state index contributed by atoms with van der Waals surface area (Å²) in [7, 11) is 0. The topological polar surface area (TPSA) is 49.4 Å². The summed E-state index contributed by atoms with van der Waals surface area (Å²) in [6, 6.07) is 10.6. The zero-order valence-electron chi connectivity index (χ0n) is 16.9. The third kappa shape index (κ3) is 6.44. The Morgan fingerprint density at radius 2 is 1.69 bits per heavy atom. The van der Waals surface area contributed by atoms with Crippen LogP contribution in [0.4, 0.5) is 4.39 Å². The Morgan fingerprint density at radius 1 is 1.07 bits per heavy atom. The summed E-state index contributed by atoms with van der Waals surface area (Å²) in [4.78, 5) is 27.2. The highest BCUT2D eigenvalue weighted by Crippen LogP contribution is 2.23. The van der Waals surface area contributed by atoms with E-state index in [-0.39, 0.29) is 29.5 Å². The molecule has 2 aromatic carbocycles. The van der Waals surface area contributed by atoms with Crippen molar-refractivity contribution in [1.82, 2.24) is 10.2 Å². The number of benzene rings is 2. The Balaban J connectivity index is 2.34. The molecule has 0 bridgehead atoms. The summed E-state index contributed by atoms with van der Waals surface area (Å²) in [5.41, 5.74) is 0.337. The van der Waals surface area contributed by atoms with Crippen molar-refractivity contribution in [1.29, 1.82) is 0 Å². The van der Waals surface area contributed by atoms with Crippen LogP contribution >= 0.6 is 23.2 Å². The fourth-order valence-corrected chi connectivity index (χ4v) is 3.25. The Morgan fingerprint density at radius 3 is 2.28 bits per heavy atom. The maximum absolute atomic E-state index is 14.2. The normalized spacial score (nSPS) is 12.4. The largest absolute Gasteiger partial charge is 0.350 e. The summed E-state index contributed by atoms with van der Waals surface area (Å²) in [6.07, 6.45) is -0.261. The first-order chi connectivity index (χ1) is 13.5. The van der Waals surface area contributed by atoms with E-state index in [1.54, 1.807) is 31.2 Å². The first kappa shape index (κ1) is 23.2. The quantitative estimate of drug-likeness (QED) is 0.688. The Hall–Kier alpha value is -2.11. The number of carbonyl (C=O) groups excluding carboxylic acids is 2. The lowest BCUT2D eigenvalue weighted by atomic mass is 10.1. The summed E-state index contributed by atoms with van der Waals surface area (Å²) in [6.45, 7) is 7.33. The number of amides is 2. The summed E-state index contributed by atoms with van der Waals surface area (Å²) in [5.74, 6) is -1.29. The van der Waals surface area contributed by atoms with E-state index in [0.717, 1.165) is 0 Å². The number of carbonyl (C=O) groups is 2. The van der Waals surface area contributed by atoms with E-state index in [0.29, 0.717) is 10.6 Å². The molecule has 0 aliphatic heterocycles. The smallest absolute Gasteiger partial charge is 0.242 e. The van der Waals surface area contributed by atoms with E-state index in [9.17, 15) is 14.0 Å². The predicted octanol–water partition coefficient (Wildman–Crippen LogP) is 5.01. The van der Waals surface area contributed by atoms with Gasteiger partial charge in [0.25, 0.3) is 0 Å². The highest BCUT2D eigenvalue weighted by molar-refractivity contribution is 6.31. The monoisotopic (exact) mass is 438 g/mol. The van der Waals surface area contributed by atoms with Crippen LogP contribution in [0.1, 0.15) is 38.8 Å². The van der Waals surface area contributed by atoms with Crippen LogP contribution in [-0.2, 0) is 22.6 Å². The third-order valence-electron chi connectivity index (χ3n) is 4.35. The van der Waals surface area contributed by atoms with E-state index in [1.165, 1.54) is 23.1 Å². The molecule has 0 heterocycles. The van der Waals surface area contributed by atoms with Crippen LogP contribution in [0.15, 0.2) is 42.5 Å². The van der Waals surface area contributed by atoms with Crippen LogP contribution in [0.3, 0.4) is 0 Å². The molecule has 0 aliphatic rings. The molecule has 2 aromatic rings. The molecule has 1 N–H and O–H groups in total. The molecule has 7 heteroatoms. The van der Waals surface area contributed by atoms with Gasteiger partial charge in [0.05, 0.1) is 6.42 Å². The lowest BCUT2D eigenvalue weighted by Crippen LogP contribution is -2.52. The number of hydrogen-bond acceptors (Lipinski definition) is 2. The Bertz CT molecular complexity index is 876. The van der Waals surface area contributed by atoms with Gasteiger partial charge in [0.2, 0.25) is 11.8 Å². The van der Waals surface area contributed by atoms with Crippen molar-refractivity contribution in [3.63, 3.8) is 0 Å². The van der Waals surface area contributed by atoms with E-state index in [2.05, 4.69) is 5.32 Å². The molecule has 0 unspecified atom stereocenters. The van der Waals surface area contributed by atoms with Gasteiger partial charge in [-0.1, -0.05) is 47.5 Å². The van der Waals surface area contributed by atoms with Crippen LogP contribution in [0.2, 0.25) is 10.0 Å². The van der Waals surface area contributed by atoms with Crippen molar-refractivity contribution in [3.05, 3.63) is 69.5 Å². The number of nitrogens with zero attached hydrogens (tertiary/aromatic N) is 1. The van der Waals surface area contributed by atoms with Gasteiger partial charge in [-0.2, -0.15) is 0 Å². The minimum atomic E-state index is -0.788. The fourth-order valence-electron chi connectivity index (χ4n) is 2.82. The second-order valence-electron chi connectivity index (χ2n) is 7.91. The molecule has 156 valence electrons. The van der Waals surface area contributed by atoms with Crippen LogP contribution in [-0.4, -0.2) is 28.3 Å². The van der Waals surface area contributed by atoms with Crippen molar-refractivity contribution in [2.45, 2.75) is 52.2 Å². The molecule has 29 heavy (non-hydrogen) atoms. The molecule has 0 saturated carbocycles. The zero-order chi connectivity index (χ0) is 21.8. The van der Waals surface area contributed by atoms with Gasteiger partial charge in [-0.05, 0) is 51.5 Å². The van der Waals surface area contributed by atoms with E-state index < -0.39 is 23.3 Å². The molecule has 0 radical (unpaired) electrons. The minimum absolute atomic E-state index is 0.103. The first-order valence-corrected chi connectivity index (χ1v) is 10.0. The van der Waals surface area contributed by atoms with Gasteiger partial charge in [0.1, 0.15) is 11.9 Å². The molecular weight excluding hydrogens is 414 g/mol. The second kappa shape index (κ2) is 9.59. The molecule has 0 aliphatic carbocycles. The van der Waals surface area contributed by atoms with Gasteiger partial charge in [0, 0.05) is 27.7 Å². The zero-order valence-corrected chi connectivity index (χ0v) is 18.4. The molecule has 0 fully saturated rings. The van der Waals surface area contributed by atoms with Crippen LogP contribution in [0.25, 0.3) is 0 Å². The lowest BCUT2D eigenvalue weighted by molar-refractivity contribution is -0.140. The molecule has 2 rings (SSSR count). The van der Waals surface area contributed by atoms with Gasteiger partial charge >= 0.3 is 0 Å². The van der Waals surface area contributed by atoms with Crippen LogP contribution in [0.5, 0.6) is 0 Å². The van der Waals surface area contributed by atoms with Gasteiger partial charge in [-0.15, -0.1) is 0 Å². The maximum atomic E-state index is 14.2. The molecule has 0 saturated heterocycles. The molecule has 0 spiro atoms. The SMILES string of the molecule is C[C@H](C(=O)NC(C)(C)C)N(Cc1ccccc1Cl)C(=O)Cc1c(F)cccc1Cl. The fraction of sp³-hybridized carbons (Fsp3) is 0.364. The number of rotatable bonds is 6. The predicted molar refractivity (Wildman–Crippen MR) is 114 cm³/mol. The van der Waals surface area contributed by atoms with Gasteiger partial charge < -0.3 is 10.2 Å². The average molecular weight is 439 g/mol. The third-order valence-corrected chi connectivity index (χ3v) is 5.08. The van der Waals surface area contributed by atoms with E-state index in [4.69, 9.17) is 23.2 Å². The Labute approximate surface area is 181 Å². The average Bonchev–Trinajstić information content (AvgIpc) is 2.62. The van der Waals surface area contributed by atoms with Crippen molar-refractivity contribution in [2.24, 2.45) is 0 Å². The summed E-state index contributed by atoms with van der Waals surface area (Å²) in [5, 5.41) is 3.53. The van der Waals surface area contributed by atoms with Crippen molar-refractivity contribution < 1.29 is 14.0 Å². The minimum Gasteiger partial charge on any atom is -0.350 e. The standard InChI is InChI=1S/C22H25Cl2FN2O2/c1-14(21(29)26-22(2,3)4)27(13-15-8-5-6-9-17(15)23)20(28)12-16-18(24)10-7-11-19(16)25/h5-11,14H,12-13H2,1-4H3,(H,26,29)/t14-/m1/s1. The second-order valence-corrected chi connectivity index (χ2v) is 8.72. The van der Waals surface area contributed by atoms with E-state index in [1.807, 2.05) is 20.8 Å². The number of halogens is 3. The van der Waals surface area contributed by atoms with Crippen molar-refractivity contribution in [3.8, 4) is 0 Å². The maximum Gasteiger partial charge on any atom is 0.242 e. The first-order valence-electron chi connectivity index (χ1n) is 9.27. The highest BCUT2D eigenvalue weighted by Gasteiger charge is 2.29. The highest BCUT2D eigenvalue weighted by atomic mass is 35.5. The van der Waals surface area contributed by atoms with E-state index >= 15 is 0 Å². The molecule has 2 amide bonds. The van der Waals surface area contributed by atoms with Gasteiger partial charge in [-0.3, -0.25) is 9.59 Å². The lowest BCUT2D eigenvalue weighted by Gasteiger charge is -2.32. The Kier molecular flexibility index (Phi) is 7.66. The summed E-state index contributed by atoms with van der Waals surface area (Å²) >= 11 is 12.3. The molecular formula is C22H25Cl2FN2O2. The molecule has 4 nitrogen and oxygen atoms in total. The number of hydrogen-bond donors (Lipinski definition) is 1. The molecule has 1 atom stereocenters. The van der Waals surface area contributed by atoms with Crippen molar-refractivity contribution in [2.75, 3.05) is 0 Å².